The van der Waals surface area contributed by atoms with Crippen molar-refractivity contribution < 1.29 is 13.6 Å². The Morgan fingerprint density at radius 3 is 2.48 bits per heavy atom. The summed E-state index contributed by atoms with van der Waals surface area (Å²) in [7, 11) is 0. The summed E-state index contributed by atoms with van der Waals surface area (Å²) in [5, 5.41) is 5.41. The number of halogens is 2. The van der Waals surface area contributed by atoms with Gasteiger partial charge in [0.25, 0.3) is 5.91 Å². The van der Waals surface area contributed by atoms with Gasteiger partial charge in [-0.2, -0.15) is 0 Å². The van der Waals surface area contributed by atoms with E-state index < -0.39 is 17.5 Å². The van der Waals surface area contributed by atoms with Crippen LogP contribution in [0.3, 0.4) is 0 Å². The lowest BCUT2D eigenvalue weighted by molar-refractivity contribution is 0.102. The molecule has 0 aliphatic rings. The summed E-state index contributed by atoms with van der Waals surface area (Å²) in [4.78, 5) is 20.1. The monoisotopic (exact) mass is 340 g/mol. The summed E-state index contributed by atoms with van der Waals surface area (Å²) in [5.41, 5.74) is 1.87. The number of carbonyl (C=O) groups is 1. The van der Waals surface area contributed by atoms with E-state index in [2.05, 4.69) is 20.6 Å². The molecule has 0 unspecified atom stereocenters. The number of anilines is 3. The highest BCUT2D eigenvalue weighted by molar-refractivity contribution is 6.03. The van der Waals surface area contributed by atoms with Crippen molar-refractivity contribution in [2.24, 2.45) is 0 Å². The normalized spacial score (nSPS) is 10.4. The van der Waals surface area contributed by atoms with E-state index in [-0.39, 0.29) is 17.2 Å². The first kappa shape index (κ1) is 16.5. The third-order valence-corrected chi connectivity index (χ3v) is 3.40. The molecule has 0 spiro atoms. The van der Waals surface area contributed by atoms with Gasteiger partial charge in [0.1, 0.15) is 29.5 Å². The van der Waals surface area contributed by atoms with Crippen LogP contribution in [-0.2, 0) is 0 Å². The smallest absolute Gasteiger partial charge is 0.274 e. The average Bonchev–Trinajstić information content (AvgIpc) is 2.60. The number of aryl methyl sites for hydroxylation is 1. The SMILES string of the molecule is Cc1ccc(NC(=O)c2cc(Nc3ccc(F)cc3F)ncn2)cc1. The molecule has 0 aliphatic heterocycles. The molecular weight excluding hydrogens is 326 g/mol. The van der Waals surface area contributed by atoms with Crippen LogP contribution in [0.5, 0.6) is 0 Å². The lowest BCUT2D eigenvalue weighted by Gasteiger charge is -2.08. The van der Waals surface area contributed by atoms with Crippen LogP contribution >= 0.6 is 0 Å². The zero-order valence-corrected chi connectivity index (χ0v) is 13.3. The summed E-state index contributed by atoms with van der Waals surface area (Å²) in [6.45, 7) is 1.95. The first-order chi connectivity index (χ1) is 12.0. The standard InChI is InChI=1S/C18H14F2N4O/c1-11-2-5-13(6-3-11)23-18(25)16-9-17(22-10-21-16)24-15-7-4-12(19)8-14(15)20/h2-10H,1H3,(H,23,25)(H,21,22,24). The van der Waals surface area contributed by atoms with E-state index in [1.165, 1.54) is 18.5 Å². The minimum absolute atomic E-state index is 0.0463. The maximum atomic E-state index is 13.7. The minimum Gasteiger partial charge on any atom is -0.338 e. The van der Waals surface area contributed by atoms with Gasteiger partial charge in [0.2, 0.25) is 0 Å². The molecule has 0 fully saturated rings. The van der Waals surface area contributed by atoms with E-state index >= 15 is 0 Å². The van der Waals surface area contributed by atoms with E-state index in [4.69, 9.17) is 0 Å². The molecule has 0 bridgehead atoms. The first-order valence-corrected chi connectivity index (χ1v) is 7.43. The fourth-order valence-electron chi connectivity index (χ4n) is 2.11. The van der Waals surface area contributed by atoms with Gasteiger partial charge in [-0.1, -0.05) is 17.7 Å². The molecule has 0 aliphatic carbocycles. The summed E-state index contributed by atoms with van der Waals surface area (Å²) in [6, 6.07) is 11.8. The zero-order valence-electron chi connectivity index (χ0n) is 13.3. The molecule has 2 N–H and O–H groups in total. The molecule has 3 rings (SSSR count). The quantitative estimate of drug-likeness (QED) is 0.752. The Bertz CT molecular complexity index is 913. The van der Waals surface area contributed by atoms with Gasteiger partial charge in [-0.3, -0.25) is 4.79 Å². The van der Waals surface area contributed by atoms with Gasteiger partial charge in [0.05, 0.1) is 5.69 Å². The number of aromatic nitrogens is 2. The Labute approximate surface area is 142 Å². The van der Waals surface area contributed by atoms with Crippen molar-refractivity contribution in [3.63, 3.8) is 0 Å². The van der Waals surface area contributed by atoms with E-state index in [9.17, 15) is 13.6 Å². The predicted octanol–water partition coefficient (Wildman–Crippen LogP) is 4.06. The van der Waals surface area contributed by atoms with Crippen molar-refractivity contribution in [2.75, 3.05) is 10.6 Å². The Balaban J connectivity index is 1.76. The lowest BCUT2D eigenvalue weighted by atomic mass is 10.2. The highest BCUT2D eigenvalue weighted by Gasteiger charge is 2.11. The van der Waals surface area contributed by atoms with Gasteiger partial charge in [-0.15, -0.1) is 0 Å². The molecule has 3 aromatic rings. The van der Waals surface area contributed by atoms with Crippen LogP contribution in [0.2, 0.25) is 0 Å². The van der Waals surface area contributed by atoms with Crippen LogP contribution in [0, 0.1) is 18.6 Å². The summed E-state index contributed by atoms with van der Waals surface area (Å²) in [6.07, 6.45) is 1.19. The molecule has 25 heavy (non-hydrogen) atoms. The minimum atomic E-state index is -0.760. The van der Waals surface area contributed by atoms with Crippen LogP contribution in [0.15, 0.2) is 54.9 Å². The second-order valence-corrected chi connectivity index (χ2v) is 5.36. The Morgan fingerprint density at radius 1 is 1.00 bits per heavy atom. The fraction of sp³-hybridized carbons (Fsp3) is 0.0556. The molecule has 0 saturated heterocycles. The molecule has 7 heteroatoms. The number of nitrogens with zero attached hydrogens (tertiary/aromatic N) is 2. The second kappa shape index (κ2) is 7.04. The van der Waals surface area contributed by atoms with Gasteiger partial charge in [0.15, 0.2) is 0 Å². The topological polar surface area (TPSA) is 66.9 Å². The number of hydrogen-bond donors (Lipinski definition) is 2. The second-order valence-electron chi connectivity index (χ2n) is 5.36. The third kappa shape index (κ3) is 4.14. The predicted molar refractivity (Wildman–Crippen MR) is 90.8 cm³/mol. The van der Waals surface area contributed by atoms with Gasteiger partial charge in [0, 0.05) is 17.8 Å². The van der Waals surface area contributed by atoms with Crippen LogP contribution in [0.4, 0.5) is 26.0 Å². The Morgan fingerprint density at radius 2 is 1.76 bits per heavy atom. The molecule has 1 aromatic heterocycles. The molecular formula is C18H14F2N4O. The van der Waals surface area contributed by atoms with Crippen LogP contribution in [-0.4, -0.2) is 15.9 Å². The van der Waals surface area contributed by atoms with Gasteiger partial charge < -0.3 is 10.6 Å². The number of carbonyl (C=O) groups excluding carboxylic acids is 1. The maximum Gasteiger partial charge on any atom is 0.274 e. The fourth-order valence-corrected chi connectivity index (χ4v) is 2.11. The van der Waals surface area contributed by atoms with E-state index in [1.54, 1.807) is 12.1 Å². The lowest BCUT2D eigenvalue weighted by Crippen LogP contribution is -2.14. The van der Waals surface area contributed by atoms with Gasteiger partial charge in [-0.05, 0) is 31.2 Å². The molecule has 0 saturated carbocycles. The summed E-state index contributed by atoms with van der Waals surface area (Å²) >= 11 is 0. The van der Waals surface area contributed by atoms with Crippen LogP contribution in [0.25, 0.3) is 0 Å². The molecule has 5 nitrogen and oxygen atoms in total. The van der Waals surface area contributed by atoms with E-state index in [0.717, 1.165) is 17.7 Å². The highest BCUT2D eigenvalue weighted by Crippen LogP contribution is 2.19. The van der Waals surface area contributed by atoms with E-state index in [0.29, 0.717) is 5.69 Å². The number of benzene rings is 2. The van der Waals surface area contributed by atoms with Crippen molar-refractivity contribution in [1.82, 2.24) is 9.97 Å². The molecule has 126 valence electrons. The van der Waals surface area contributed by atoms with Crippen molar-refractivity contribution in [3.05, 3.63) is 77.8 Å². The molecule has 0 atom stereocenters. The zero-order chi connectivity index (χ0) is 17.8. The van der Waals surface area contributed by atoms with Gasteiger partial charge in [-0.25, -0.2) is 18.7 Å². The largest absolute Gasteiger partial charge is 0.338 e. The van der Waals surface area contributed by atoms with Crippen molar-refractivity contribution in [2.45, 2.75) is 6.92 Å². The number of nitrogens with one attached hydrogen (secondary N) is 2. The van der Waals surface area contributed by atoms with E-state index in [1.807, 2.05) is 19.1 Å². The molecule has 2 aromatic carbocycles. The summed E-state index contributed by atoms with van der Waals surface area (Å²) < 4.78 is 26.6. The molecule has 1 amide bonds. The Hall–Kier alpha value is -3.35. The first-order valence-electron chi connectivity index (χ1n) is 7.43. The van der Waals surface area contributed by atoms with Crippen molar-refractivity contribution in [3.8, 4) is 0 Å². The third-order valence-electron chi connectivity index (χ3n) is 3.40. The number of rotatable bonds is 4. The van der Waals surface area contributed by atoms with Crippen LogP contribution in [0.1, 0.15) is 16.1 Å². The van der Waals surface area contributed by atoms with Crippen molar-refractivity contribution in [1.29, 1.82) is 0 Å². The van der Waals surface area contributed by atoms with Crippen LogP contribution < -0.4 is 10.6 Å². The average molecular weight is 340 g/mol. The van der Waals surface area contributed by atoms with Crippen molar-refractivity contribution >= 4 is 23.1 Å². The maximum absolute atomic E-state index is 13.7. The number of hydrogen-bond acceptors (Lipinski definition) is 4. The summed E-state index contributed by atoms with van der Waals surface area (Å²) in [5.74, 6) is -1.64. The van der Waals surface area contributed by atoms with Gasteiger partial charge >= 0.3 is 0 Å². The molecule has 1 heterocycles. The number of amides is 1. The molecule has 0 radical (unpaired) electrons. The Kier molecular flexibility index (Phi) is 4.65. The highest BCUT2D eigenvalue weighted by atomic mass is 19.1.